The van der Waals surface area contributed by atoms with Crippen molar-refractivity contribution in [2.75, 3.05) is 19.6 Å². The second-order valence-corrected chi connectivity index (χ2v) is 8.92. The van der Waals surface area contributed by atoms with Gasteiger partial charge in [0, 0.05) is 17.4 Å². The minimum absolute atomic E-state index is 0.445. The summed E-state index contributed by atoms with van der Waals surface area (Å²) in [5.74, 6) is 3.87. The lowest BCUT2D eigenvalue weighted by Crippen LogP contribution is -2.34. The third-order valence-corrected chi connectivity index (χ3v) is 6.90. The monoisotopic (exact) mass is 414 g/mol. The third kappa shape index (κ3) is 4.31. The first-order valence-electron chi connectivity index (χ1n) is 10.6. The van der Waals surface area contributed by atoms with E-state index in [9.17, 15) is 0 Å². The highest BCUT2D eigenvalue weighted by atomic mass is 32.1. The van der Waals surface area contributed by atoms with Gasteiger partial charge in [-0.2, -0.15) is 0 Å². The molecular formula is C22H30N4O2S. The molecule has 6 nitrogen and oxygen atoms in total. The fourth-order valence-electron chi connectivity index (χ4n) is 4.27. The molecule has 4 heterocycles. The van der Waals surface area contributed by atoms with Crippen LogP contribution in [0.15, 0.2) is 21.1 Å². The van der Waals surface area contributed by atoms with E-state index in [1.807, 2.05) is 13.8 Å². The van der Waals surface area contributed by atoms with Gasteiger partial charge in [0.25, 0.3) is 0 Å². The molecule has 156 valence electrons. The summed E-state index contributed by atoms with van der Waals surface area (Å²) < 4.78 is 15.7. The van der Waals surface area contributed by atoms with Gasteiger partial charge in [0.2, 0.25) is 0 Å². The maximum absolute atomic E-state index is 5.78. The molecule has 4 rings (SSSR count). The summed E-state index contributed by atoms with van der Waals surface area (Å²) in [7, 11) is 0. The molecule has 0 unspecified atom stereocenters. The second-order valence-electron chi connectivity index (χ2n) is 8.17. The van der Waals surface area contributed by atoms with Crippen LogP contribution in [0.3, 0.4) is 0 Å². The number of hydrogen-bond donors (Lipinski definition) is 0. The van der Waals surface area contributed by atoms with Crippen LogP contribution in [-0.2, 0) is 6.42 Å². The number of rotatable bonds is 7. The largest absolute Gasteiger partial charge is 0.466 e. The van der Waals surface area contributed by atoms with Crippen molar-refractivity contribution in [3.05, 3.63) is 40.6 Å². The van der Waals surface area contributed by atoms with E-state index in [-0.39, 0.29) is 0 Å². The molecular weight excluding hydrogens is 384 g/mol. The molecule has 1 aliphatic rings. The van der Waals surface area contributed by atoms with Gasteiger partial charge in [0.1, 0.15) is 16.4 Å². The van der Waals surface area contributed by atoms with Crippen LogP contribution in [0.2, 0.25) is 0 Å². The smallest absolute Gasteiger partial charge is 0.183 e. The molecule has 0 aromatic carbocycles. The molecule has 0 radical (unpaired) electrons. The highest BCUT2D eigenvalue weighted by Gasteiger charge is 2.28. The first-order chi connectivity index (χ1) is 14.1. The first-order valence-corrected chi connectivity index (χ1v) is 11.4. The fraction of sp³-hybridized carbons (Fsp3) is 0.591. The standard InChI is InChI=1S/C22H30N4O2S/c1-5-18-16(4)24-28-21(18)22-20(23-25-29-22)17-9-12-26(13-10-17)11-8-14(2)19-7-6-15(3)27-19/h6-7,14,17H,5,8-13H2,1-4H3/t14-/m1/s1. The lowest BCUT2D eigenvalue weighted by molar-refractivity contribution is 0.203. The van der Waals surface area contributed by atoms with Crippen LogP contribution < -0.4 is 0 Å². The molecule has 1 atom stereocenters. The molecule has 1 aliphatic heterocycles. The topological polar surface area (TPSA) is 68.2 Å². The van der Waals surface area contributed by atoms with Crippen molar-refractivity contribution in [2.24, 2.45) is 0 Å². The van der Waals surface area contributed by atoms with Gasteiger partial charge in [-0.25, -0.2) is 0 Å². The number of piperidine rings is 1. The first kappa shape index (κ1) is 20.3. The van der Waals surface area contributed by atoms with Crippen molar-refractivity contribution in [3.63, 3.8) is 0 Å². The number of likely N-dealkylation sites (tertiary alicyclic amines) is 1. The minimum atomic E-state index is 0.445. The fourth-order valence-corrected chi connectivity index (χ4v) is 5.03. The van der Waals surface area contributed by atoms with E-state index in [2.05, 4.69) is 45.6 Å². The Hall–Kier alpha value is -1.99. The molecule has 1 saturated heterocycles. The Kier molecular flexibility index (Phi) is 6.15. The maximum Gasteiger partial charge on any atom is 0.183 e. The molecule has 0 aliphatic carbocycles. The Morgan fingerprint density at radius 2 is 2.03 bits per heavy atom. The van der Waals surface area contributed by atoms with Crippen molar-refractivity contribution >= 4 is 11.5 Å². The third-order valence-electron chi connectivity index (χ3n) is 6.16. The number of furan rings is 1. The lowest BCUT2D eigenvalue weighted by Gasteiger charge is -2.31. The Balaban J connectivity index is 1.35. The van der Waals surface area contributed by atoms with E-state index in [1.54, 1.807) is 0 Å². The zero-order valence-electron chi connectivity index (χ0n) is 17.8. The van der Waals surface area contributed by atoms with Crippen LogP contribution in [0.5, 0.6) is 0 Å². The average molecular weight is 415 g/mol. The van der Waals surface area contributed by atoms with Gasteiger partial charge in [0.15, 0.2) is 5.76 Å². The Bertz CT molecular complexity index is 936. The summed E-state index contributed by atoms with van der Waals surface area (Å²) in [6.45, 7) is 11.7. The molecule has 0 spiro atoms. The predicted octanol–water partition coefficient (Wildman–Crippen LogP) is 5.34. The van der Waals surface area contributed by atoms with E-state index in [0.29, 0.717) is 11.8 Å². The summed E-state index contributed by atoms with van der Waals surface area (Å²) in [4.78, 5) is 3.64. The number of aryl methyl sites for hydroxylation is 2. The molecule has 0 N–H and O–H groups in total. The van der Waals surface area contributed by atoms with Crippen LogP contribution >= 0.6 is 11.5 Å². The van der Waals surface area contributed by atoms with Crippen molar-refractivity contribution in [3.8, 4) is 10.6 Å². The van der Waals surface area contributed by atoms with Gasteiger partial charge in [-0.15, -0.1) is 5.10 Å². The predicted molar refractivity (Wildman–Crippen MR) is 114 cm³/mol. The molecule has 3 aromatic heterocycles. The van der Waals surface area contributed by atoms with Crippen molar-refractivity contribution in [1.82, 2.24) is 19.6 Å². The number of nitrogens with zero attached hydrogens (tertiary/aromatic N) is 4. The summed E-state index contributed by atoms with van der Waals surface area (Å²) in [5.41, 5.74) is 3.24. The highest BCUT2D eigenvalue weighted by molar-refractivity contribution is 7.09. The summed E-state index contributed by atoms with van der Waals surface area (Å²) in [6, 6.07) is 4.16. The van der Waals surface area contributed by atoms with E-state index in [0.717, 1.165) is 78.9 Å². The molecule has 1 fully saturated rings. The van der Waals surface area contributed by atoms with Gasteiger partial charge in [-0.3, -0.25) is 0 Å². The summed E-state index contributed by atoms with van der Waals surface area (Å²) in [5, 5.41) is 8.66. The average Bonchev–Trinajstić information content (AvgIpc) is 3.46. The molecule has 7 heteroatoms. The Labute approximate surface area is 176 Å². The van der Waals surface area contributed by atoms with Crippen LogP contribution in [0.1, 0.15) is 73.4 Å². The highest BCUT2D eigenvalue weighted by Crippen LogP contribution is 2.38. The van der Waals surface area contributed by atoms with Crippen LogP contribution in [-0.4, -0.2) is 39.3 Å². The van der Waals surface area contributed by atoms with Gasteiger partial charge in [-0.1, -0.05) is 23.5 Å². The van der Waals surface area contributed by atoms with Gasteiger partial charge < -0.3 is 13.8 Å². The van der Waals surface area contributed by atoms with E-state index >= 15 is 0 Å². The lowest BCUT2D eigenvalue weighted by atomic mass is 9.91. The molecule has 29 heavy (non-hydrogen) atoms. The quantitative estimate of drug-likeness (QED) is 0.520. The number of aromatic nitrogens is 3. The molecule has 0 bridgehead atoms. The van der Waals surface area contributed by atoms with Crippen molar-refractivity contribution < 1.29 is 8.94 Å². The normalized spacial score (nSPS) is 17.1. The van der Waals surface area contributed by atoms with E-state index in [4.69, 9.17) is 8.94 Å². The van der Waals surface area contributed by atoms with Crippen LogP contribution in [0.4, 0.5) is 0 Å². The van der Waals surface area contributed by atoms with Gasteiger partial charge in [-0.05, 0) is 82.8 Å². The summed E-state index contributed by atoms with van der Waals surface area (Å²) in [6.07, 6.45) is 4.26. The van der Waals surface area contributed by atoms with Crippen molar-refractivity contribution in [1.29, 1.82) is 0 Å². The summed E-state index contributed by atoms with van der Waals surface area (Å²) >= 11 is 1.43. The van der Waals surface area contributed by atoms with Crippen LogP contribution in [0.25, 0.3) is 10.6 Å². The zero-order chi connectivity index (χ0) is 20.4. The minimum Gasteiger partial charge on any atom is -0.466 e. The Morgan fingerprint density at radius 3 is 2.72 bits per heavy atom. The second kappa shape index (κ2) is 8.79. The molecule has 3 aromatic rings. The van der Waals surface area contributed by atoms with Gasteiger partial charge >= 0.3 is 0 Å². The van der Waals surface area contributed by atoms with Crippen molar-refractivity contribution in [2.45, 2.75) is 65.2 Å². The Morgan fingerprint density at radius 1 is 1.24 bits per heavy atom. The van der Waals surface area contributed by atoms with E-state index < -0.39 is 0 Å². The van der Waals surface area contributed by atoms with Crippen LogP contribution in [0, 0.1) is 13.8 Å². The molecule has 0 saturated carbocycles. The van der Waals surface area contributed by atoms with E-state index in [1.165, 1.54) is 17.1 Å². The van der Waals surface area contributed by atoms with Gasteiger partial charge in [0.05, 0.1) is 11.4 Å². The molecule has 0 amide bonds. The number of hydrogen-bond acceptors (Lipinski definition) is 7. The SMILES string of the molecule is CCc1c(C)noc1-c1snnc1C1CCN(CC[C@@H](C)c2ccc(C)o2)CC1. The maximum atomic E-state index is 5.78. The zero-order valence-corrected chi connectivity index (χ0v) is 18.6.